The molecule has 0 bridgehead atoms. The number of nitrogens with one attached hydrogen (secondary N) is 1. The number of aromatic nitrogens is 1. The van der Waals surface area contributed by atoms with Crippen LogP contribution in [-0.4, -0.2) is 42.6 Å². The molecule has 26 heavy (non-hydrogen) atoms. The Morgan fingerprint density at radius 2 is 2.19 bits per heavy atom. The predicted octanol–water partition coefficient (Wildman–Crippen LogP) is 1.68. The fourth-order valence-corrected chi connectivity index (χ4v) is 5.30. The molecule has 1 amide bonds. The second-order valence-electron chi connectivity index (χ2n) is 6.32. The predicted molar refractivity (Wildman–Crippen MR) is 98.6 cm³/mol. The van der Waals surface area contributed by atoms with Crippen LogP contribution in [0.5, 0.6) is 0 Å². The van der Waals surface area contributed by atoms with Gasteiger partial charge in [-0.1, -0.05) is 12.1 Å². The summed E-state index contributed by atoms with van der Waals surface area (Å²) < 4.78 is 28.5. The first kappa shape index (κ1) is 17.2. The number of nitrogens with zero attached hydrogens (tertiary/aromatic N) is 3. The van der Waals surface area contributed by atoms with E-state index in [1.165, 1.54) is 0 Å². The lowest BCUT2D eigenvalue weighted by Gasteiger charge is -2.25. The Morgan fingerprint density at radius 1 is 1.38 bits per heavy atom. The van der Waals surface area contributed by atoms with E-state index in [2.05, 4.69) is 14.7 Å². The zero-order valence-electron chi connectivity index (χ0n) is 14.2. The highest BCUT2D eigenvalue weighted by Gasteiger charge is 2.39. The highest BCUT2D eigenvalue weighted by atomic mass is 32.2. The molecule has 1 aromatic heterocycles. The number of sulfonamides is 1. The summed E-state index contributed by atoms with van der Waals surface area (Å²) in [6.07, 6.45) is 3.27. The number of likely N-dealkylation sites (tertiary alicyclic amines) is 1. The van der Waals surface area contributed by atoms with E-state index in [9.17, 15) is 13.2 Å². The quantitative estimate of drug-likeness (QED) is 0.861. The van der Waals surface area contributed by atoms with E-state index in [0.717, 1.165) is 16.3 Å². The lowest BCUT2D eigenvalue weighted by molar-refractivity contribution is -0.124. The molecule has 3 heterocycles. The van der Waals surface area contributed by atoms with Crippen LogP contribution >= 0.6 is 11.3 Å². The van der Waals surface area contributed by atoms with Crippen LogP contribution in [0.1, 0.15) is 28.3 Å². The van der Waals surface area contributed by atoms with Crippen molar-refractivity contribution in [3.63, 3.8) is 0 Å². The highest BCUT2D eigenvalue weighted by molar-refractivity contribution is 7.90. The van der Waals surface area contributed by atoms with Crippen LogP contribution in [0.25, 0.3) is 0 Å². The number of benzene rings is 1. The third-order valence-corrected chi connectivity index (χ3v) is 6.76. The Labute approximate surface area is 155 Å². The van der Waals surface area contributed by atoms with E-state index >= 15 is 0 Å². The maximum Gasteiger partial charge on any atom is 0.285 e. The summed E-state index contributed by atoms with van der Waals surface area (Å²) in [5.74, 6) is 0.253. The summed E-state index contributed by atoms with van der Waals surface area (Å²) in [4.78, 5) is 20.0. The number of carbonyl (C=O) groups is 1. The molecule has 0 aliphatic carbocycles. The van der Waals surface area contributed by atoms with Crippen LogP contribution in [0.15, 0.2) is 39.8 Å². The molecule has 0 unspecified atom stereocenters. The number of rotatable bonds is 3. The van der Waals surface area contributed by atoms with Gasteiger partial charge in [0.1, 0.15) is 15.9 Å². The summed E-state index contributed by atoms with van der Waals surface area (Å²) in [6, 6.07) is 6.34. The molecule has 2 aliphatic rings. The van der Waals surface area contributed by atoms with Gasteiger partial charge in [0, 0.05) is 23.2 Å². The van der Waals surface area contributed by atoms with Crippen LogP contribution < -0.4 is 5.32 Å². The lowest BCUT2D eigenvalue weighted by Crippen LogP contribution is -2.45. The number of amides is 1. The van der Waals surface area contributed by atoms with Crippen molar-refractivity contribution in [1.82, 2.24) is 15.2 Å². The number of amidine groups is 1. The maximum absolute atomic E-state index is 12.7. The summed E-state index contributed by atoms with van der Waals surface area (Å²) in [6.45, 7) is 2.96. The van der Waals surface area contributed by atoms with E-state index in [1.807, 2.05) is 11.8 Å². The summed E-state index contributed by atoms with van der Waals surface area (Å²) >= 11 is 1.55. The molecule has 4 rings (SSSR count). The molecule has 2 aliphatic heterocycles. The SMILES string of the molecule is Cc1cnc(CNC(=O)[C@@H]2CCCN2C2=NS(=O)(=O)c3ccccc32)s1. The Kier molecular flexibility index (Phi) is 4.28. The maximum atomic E-state index is 12.7. The fourth-order valence-electron chi connectivity index (χ4n) is 3.35. The Balaban J connectivity index is 1.55. The van der Waals surface area contributed by atoms with Gasteiger partial charge in [-0.15, -0.1) is 15.7 Å². The van der Waals surface area contributed by atoms with Crippen molar-refractivity contribution in [3.8, 4) is 0 Å². The molecule has 7 nitrogen and oxygen atoms in total. The highest BCUT2D eigenvalue weighted by Crippen LogP contribution is 2.31. The molecule has 0 spiro atoms. The molecular weight excluding hydrogens is 372 g/mol. The van der Waals surface area contributed by atoms with Crippen molar-refractivity contribution in [3.05, 3.63) is 45.9 Å². The van der Waals surface area contributed by atoms with Gasteiger partial charge in [-0.25, -0.2) is 4.98 Å². The van der Waals surface area contributed by atoms with Crippen molar-refractivity contribution in [2.24, 2.45) is 4.40 Å². The van der Waals surface area contributed by atoms with Crippen molar-refractivity contribution in [2.75, 3.05) is 6.54 Å². The summed E-state index contributed by atoms with van der Waals surface area (Å²) in [5.41, 5.74) is 0.572. The first-order chi connectivity index (χ1) is 12.5. The minimum absolute atomic E-state index is 0.125. The Hall–Kier alpha value is -2.26. The number of fused-ring (bicyclic) bond motifs is 1. The standard InChI is InChI=1S/C17H18N4O3S2/c1-11-9-18-15(25-11)10-19-17(22)13-6-4-8-21(13)16-12-5-2-3-7-14(12)26(23,24)20-16/h2-3,5,7,9,13H,4,6,8,10H2,1H3,(H,19,22)/t13-/m0/s1. The topological polar surface area (TPSA) is 91.7 Å². The molecule has 9 heteroatoms. The summed E-state index contributed by atoms with van der Waals surface area (Å²) in [7, 11) is -3.69. The normalized spacial score (nSPS) is 20.7. The average molecular weight is 390 g/mol. The number of hydrogen-bond acceptors (Lipinski definition) is 6. The van der Waals surface area contributed by atoms with E-state index in [0.29, 0.717) is 30.9 Å². The van der Waals surface area contributed by atoms with Gasteiger partial charge >= 0.3 is 0 Å². The first-order valence-corrected chi connectivity index (χ1v) is 10.6. The van der Waals surface area contributed by atoms with Crippen LogP contribution in [0.3, 0.4) is 0 Å². The Bertz CT molecular complexity index is 997. The molecule has 0 saturated carbocycles. The molecule has 1 N–H and O–H groups in total. The van der Waals surface area contributed by atoms with Gasteiger partial charge in [0.2, 0.25) is 5.91 Å². The van der Waals surface area contributed by atoms with E-state index < -0.39 is 16.1 Å². The van der Waals surface area contributed by atoms with Crippen LogP contribution in [0.2, 0.25) is 0 Å². The smallest absolute Gasteiger partial charge is 0.285 e. The van der Waals surface area contributed by atoms with Gasteiger partial charge < -0.3 is 10.2 Å². The average Bonchev–Trinajstić information content (AvgIpc) is 3.31. The third kappa shape index (κ3) is 3.01. The molecule has 2 aromatic rings. The molecule has 1 atom stereocenters. The van der Waals surface area contributed by atoms with Crippen molar-refractivity contribution < 1.29 is 13.2 Å². The number of carbonyl (C=O) groups excluding carboxylic acids is 1. The minimum atomic E-state index is -3.69. The second kappa shape index (κ2) is 6.48. The molecule has 136 valence electrons. The van der Waals surface area contributed by atoms with E-state index in [4.69, 9.17) is 0 Å². The van der Waals surface area contributed by atoms with E-state index in [-0.39, 0.29) is 10.8 Å². The Morgan fingerprint density at radius 3 is 2.96 bits per heavy atom. The van der Waals surface area contributed by atoms with Crippen molar-refractivity contribution in [1.29, 1.82) is 0 Å². The lowest BCUT2D eigenvalue weighted by atomic mass is 10.1. The monoisotopic (exact) mass is 390 g/mol. The first-order valence-electron chi connectivity index (χ1n) is 8.36. The molecule has 1 fully saturated rings. The number of aryl methyl sites for hydroxylation is 1. The molecular formula is C17H18N4O3S2. The molecule has 0 radical (unpaired) electrons. The number of thiazole rings is 1. The van der Waals surface area contributed by atoms with Crippen LogP contribution in [0.4, 0.5) is 0 Å². The zero-order valence-corrected chi connectivity index (χ0v) is 15.8. The molecule has 1 saturated heterocycles. The van der Waals surface area contributed by atoms with Gasteiger partial charge in [0.05, 0.1) is 6.54 Å². The van der Waals surface area contributed by atoms with Crippen LogP contribution in [0, 0.1) is 6.92 Å². The van der Waals surface area contributed by atoms with Gasteiger partial charge in [-0.2, -0.15) is 8.42 Å². The van der Waals surface area contributed by atoms with Crippen molar-refractivity contribution >= 4 is 33.1 Å². The van der Waals surface area contributed by atoms with E-state index in [1.54, 1.807) is 41.8 Å². The third-order valence-electron chi connectivity index (χ3n) is 4.52. The second-order valence-corrected chi connectivity index (χ2v) is 9.21. The van der Waals surface area contributed by atoms with Crippen molar-refractivity contribution in [2.45, 2.75) is 37.2 Å². The van der Waals surface area contributed by atoms with Gasteiger partial charge in [-0.3, -0.25) is 4.79 Å². The minimum Gasteiger partial charge on any atom is -0.348 e. The fraction of sp³-hybridized carbons (Fsp3) is 0.353. The summed E-state index contributed by atoms with van der Waals surface area (Å²) in [5, 5.41) is 3.77. The van der Waals surface area contributed by atoms with Crippen LogP contribution in [-0.2, 0) is 21.4 Å². The van der Waals surface area contributed by atoms with Gasteiger partial charge in [0.15, 0.2) is 5.84 Å². The zero-order chi connectivity index (χ0) is 18.3. The number of hydrogen-bond donors (Lipinski definition) is 1. The van der Waals surface area contributed by atoms with Gasteiger partial charge in [-0.05, 0) is 31.9 Å². The molecule has 1 aromatic carbocycles. The largest absolute Gasteiger partial charge is 0.348 e. The van der Waals surface area contributed by atoms with Gasteiger partial charge in [0.25, 0.3) is 10.0 Å².